The summed E-state index contributed by atoms with van der Waals surface area (Å²) in [5, 5.41) is 11.7. The lowest BCUT2D eigenvalue weighted by Crippen LogP contribution is -2.45. The minimum absolute atomic E-state index is 0.157. The van der Waals surface area contributed by atoms with Gasteiger partial charge in [-0.25, -0.2) is 4.79 Å². The molecule has 2 N–H and O–H groups in total. The van der Waals surface area contributed by atoms with Crippen LogP contribution < -0.4 is 5.32 Å². The Labute approximate surface area is 109 Å². The lowest BCUT2D eigenvalue weighted by Gasteiger charge is -2.27. The van der Waals surface area contributed by atoms with Gasteiger partial charge in [0.05, 0.1) is 5.41 Å². The standard InChI is InChI=1S/C13H24N2O3/c1-9(2)7-10(3)15(4)12(18)14-8-13(5-6-13)11(16)17/h9-10H,5-8H2,1-4H3,(H,14,18)(H,16,17). The van der Waals surface area contributed by atoms with Crippen molar-refractivity contribution < 1.29 is 14.7 Å². The summed E-state index contributed by atoms with van der Waals surface area (Å²) in [5.41, 5.74) is -0.697. The number of nitrogens with one attached hydrogen (secondary N) is 1. The number of rotatable bonds is 6. The Morgan fingerprint density at radius 3 is 2.28 bits per heavy atom. The third-order valence-electron chi connectivity index (χ3n) is 3.68. The van der Waals surface area contributed by atoms with E-state index in [1.54, 1.807) is 11.9 Å². The molecule has 18 heavy (non-hydrogen) atoms. The van der Waals surface area contributed by atoms with Crippen molar-refractivity contribution in [3.05, 3.63) is 0 Å². The predicted octanol–water partition coefficient (Wildman–Crippen LogP) is 1.93. The summed E-state index contributed by atoms with van der Waals surface area (Å²) < 4.78 is 0. The van der Waals surface area contributed by atoms with Crippen molar-refractivity contribution in [3.63, 3.8) is 0 Å². The Morgan fingerprint density at radius 2 is 1.89 bits per heavy atom. The van der Waals surface area contributed by atoms with Gasteiger partial charge in [0, 0.05) is 19.6 Å². The molecule has 0 spiro atoms. The average Bonchev–Trinajstić information content (AvgIpc) is 3.04. The van der Waals surface area contributed by atoms with Crippen LogP contribution in [0.15, 0.2) is 0 Å². The quantitative estimate of drug-likeness (QED) is 0.763. The van der Waals surface area contributed by atoms with Crippen LogP contribution in [0, 0.1) is 11.3 Å². The van der Waals surface area contributed by atoms with Crippen molar-refractivity contribution >= 4 is 12.0 Å². The van der Waals surface area contributed by atoms with Gasteiger partial charge in [0.15, 0.2) is 0 Å². The van der Waals surface area contributed by atoms with Crippen LogP contribution in [0.5, 0.6) is 0 Å². The van der Waals surface area contributed by atoms with Crippen LogP contribution in [0.3, 0.4) is 0 Å². The van der Waals surface area contributed by atoms with Gasteiger partial charge in [-0.1, -0.05) is 13.8 Å². The minimum atomic E-state index is -0.805. The van der Waals surface area contributed by atoms with Crippen molar-refractivity contribution in [2.24, 2.45) is 11.3 Å². The molecule has 0 saturated heterocycles. The number of urea groups is 1. The maximum atomic E-state index is 11.9. The Hall–Kier alpha value is -1.26. The van der Waals surface area contributed by atoms with E-state index in [9.17, 15) is 9.59 Å². The van der Waals surface area contributed by atoms with E-state index in [1.165, 1.54) is 0 Å². The van der Waals surface area contributed by atoms with Crippen LogP contribution in [-0.4, -0.2) is 41.6 Å². The number of carboxylic acid groups (broad SMARTS) is 1. The third-order valence-corrected chi connectivity index (χ3v) is 3.68. The molecule has 0 aromatic rings. The van der Waals surface area contributed by atoms with Crippen LogP contribution in [0.1, 0.15) is 40.0 Å². The van der Waals surface area contributed by atoms with Crippen LogP contribution >= 0.6 is 0 Å². The molecule has 0 aromatic heterocycles. The number of carbonyl (C=O) groups excluding carboxylic acids is 1. The fourth-order valence-electron chi connectivity index (χ4n) is 2.03. The van der Waals surface area contributed by atoms with Crippen LogP contribution in [0.25, 0.3) is 0 Å². The molecular weight excluding hydrogens is 232 g/mol. The first kappa shape index (κ1) is 14.8. The Balaban J connectivity index is 2.39. The zero-order valence-corrected chi connectivity index (χ0v) is 11.7. The molecule has 5 nitrogen and oxygen atoms in total. The number of carboxylic acids is 1. The summed E-state index contributed by atoms with van der Waals surface area (Å²) in [6, 6.07) is -0.0272. The van der Waals surface area contributed by atoms with Gasteiger partial charge in [-0.05, 0) is 32.1 Å². The topological polar surface area (TPSA) is 69.6 Å². The van der Waals surface area contributed by atoms with Crippen molar-refractivity contribution in [1.29, 1.82) is 0 Å². The van der Waals surface area contributed by atoms with E-state index >= 15 is 0 Å². The second kappa shape index (κ2) is 5.59. The van der Waals surface area contributed by atoms with E-state index in [4.69, 9.17) is 5.11 Å². The van der Waals surface area contributed by atoms with Crippen LogP contribution in [0.4, 0.5) is 4.79 Å². The van der Waals surface area contributed by atoms with Crippen molar-refractivity contribution in [2.75, 3.05) is 13.6 Å². The lowest BCUT2D eigenvalue weighted by atomic mass is 10.0. The molecule has 1 fully saturated rings. The summed E-state index contributed by atoms with van der Waals surface area (Å²) in [6.45, 7) is 6.47. The van der Waals surface area contributed by atoms with E-state index in [2.05, 4.69) is 19.2 Å². The first-order chi connectivity index (χ1) is 8.28. The second-order valence-corrected chi connectivity index (χ2v) is 5.83. The molecule has 0 aromatic carbocycles. The van der Waals surface area contributed by atoms with Gasteiger partial charge in [0.2, 0.25) is 0 Å². The molecule has 1 saturated carbocycles. The molecule has 0 radical (unpaired) electrons. The highest BCUT2D eigenvalue weighted by Crippen LogP contribution is 2.45. The summed E-state index contributed by atoms with van der Waals surface area (Å²) in [5.74, 6) is -0.273. The predicted molar refractivity (Wildman–Crippen MR) is 69.4 cm³/mol. The number of hydrogen-bond donors (Lipinski definition) is 2. The van der Waals surface area contributed by atoms with Gasteiger partial charge >= 0.3 is 12.0 Å². The van der Waals surface area contributed by atoms with Gasteiger partial charge in [0.25, 0.3) is 0 Å². The largest absolute Gasteiger partial charge is 0.481 e. The van der Waals surface area contributed by atoms with Crippen molar-refractivity contribution in [3.8, 4) is 0 Å². The summed E-state index contributed by atoms with van der Waals surface area (Å²) in [6.07, 6.45) is 2.26. The first-order valence-corrected chi connectivity index (χ1v) is 6.52. The maximum Gasteiger partial charge on any atom is 0.317 e. The smallest absolute Gasteiger partial charge is 0.317 e. The van der Waals surface area contributed by atoms with Crippen LogP contribution in [-0.2, 0) is 4.79 Å². The molecule has 1 rings (SSSR count). The van der Waals surface area contributed by atoms with Gasteiger partial charge < -0.3 is 15.3 Å². The second-order valence-electron chi connectivity index (χ2n) is 5.83. The molecule has 1 aliphatic rings. The monoisotopic (exact) mass is 256 g/mol. The zero-order chi connectivity index (χ0) is 13.9. The highest BCUT2D eigenvalue weighted by molar-refractivity contribution is 5.80. The normalized spacial score (nSPS) is 18.3. The van der Waals surface area contributed by atoms with E-state index in [-0.39, 0.29) is 18.6 Å². The number of nitrogens with zero attached hydrogens (tertiary/aromatic N) is 1. The van der Waals surface area contributed by atoms with Gasteiger partial charge in [-0.15, -0.1) is 0 Å². The molecular formula is C13H24N2O3. The molecule has 2 amide bonds. The van der Waals surface area contributed by atoms with Crippen LogP contribution in [0.2, 0.25) is 0 Å². The summed E-state index contributed by atoms with van der Waals surface area (Å²) in [7, 11) is 1.75. The maximum absolute atomic E-state index is 11.9. The van der Waals surface area contributed by atoms with Gasteiger partial charge in [-0.3, -0.25) is 4.79 Å². The van der Waals surface area contributed by atoms with Crippen molar-refractivity contribution in [2.45, 2.75) is 46.1 Å². The Bertz CT molecular complexity index is 324. The van der Waals surface area contributed by atoms with E-state index in [1.807, 2.05) is 6.92 Å². The van der Waals surface area contributed by atoms with Crippen molar-refractivity contribution in [1.82, 2.24) is 10.2 Å². The molecule has 0 aliphatic heterocycles. The SMILES string of the molecule is CC(C)CC(C)N(C)C(=O)NCC1(C(=O)O)CC1. The Morgan fingerprint density at radius 1 is 1.33 bits per heavy atom. The molecule has 1 unspecified atom stereocenters. The fraction of sp³-hybridized carbons (Fsp3) is 0.846. The molecule has 5 heteroatoms. The molecule has 0 bridgehead atoms. The zero-order valence-electron chi connectivity index (χ0n) is 11.7. The van der Waals surface area contributed by atoms with Gasteiger partial charge in [-0.2, -0.15) is 0 Å². The molecule has 0 heterocycles. The van der Waals surface area contributed by atoms with Gasteiger partial charge in [0.1, 0.15) is 0 Å². The number of hydrogen-bond acceptors (Lipinski definition) is 2. The Kier molecular flexibility index (Phi) is 4.59. The number of amides is 2. The highest BCUT2D eigenvalue weighted by Gasteiger charge is 2.50. The number of carbonyl (C=O) groups is 2. The summed E-state index contributed by atoms with van der Waals surface area (Å²) in [4.78, 5) is 24.5. The molecule has 104 valence electrons. The lowest BCUT2D eigenvalue weighted by molar-refractivity contribution is -0.143. The fourth-order valence-corrected chi connectivity index (χ4v) is 2.03. The minimum Gasteiger partial charge on any atom is -0.481 e. The summed E-state index contributed by atoms with van der Waals surface area (Å²) >= 11 is 0. The van der Waals surface area contributed by atoms with E-state index in [0.29, 0.717) is 18.8 Å². The van der Waals surface area contributed by atoms with E-state index in [0.717, 1.165) is 6.42 Å². The molecule has 1 aliphatic carbocycles. The average molecular weight is 256 g/mol. The highest BCUT2D eigenvalue weighted by atomic mass is 16.4. The first-order valence-electron chi connectivity index (χ1n) is 6.52. The number of aliphatic carboxylic acids is 1. The van der Waals surface area contributed by atoms with E-state index < -0.39 is 11.4 Å². The molecule has 1 atom stereocenters. The third kappa shape index (κ3) is 3.62.